The molecule has 0 radical (unpaired) electrons. The van der Waals surface area contributed by atoms with E-state index in [1.54, 1.807) is 20.0 Å². The fourth-order valence-corrected chi connectivity index (χ4v) is 1.73. The van der Waals surface area contributed by atoms with Crippen LogP contribution in [0.4, 0.5) is 5.69 Å². The Morgan fingerprint density at radius 3 is 2.70 bits per heavy atom. The summed E-state index contributed by atoms with van der Waals surface area (Å²) in [6, 6.07) is 5.28. The van der Waals surface area contributed by atoms with Gasteiger partial charge in [0.1, 0.15) is 5.56 Å². The van der Waals surface area contributed by atoms with Gasteiger partial charge in [-0.25, -0.2) is 9.48 Å². The number of para-hydroxylation sites is 1. The van der Waals surface area contributed by atoms with Gasteiger partial charge < -0.3 is 9.84 Å². The molecule has 0 fully saturated rings. The number of nitrogens with zero attached hydrogens (tertiary/aromatic N) is 3. The molecule has 0 spiro atoms. The molecule has 1 heterocycles. The number of nitro benzene ring substituents is 1. The summed E-state index contributed by atoms with van der Waals surface area (Å²) in [6.07, 6.45) is 0. The number of hydrogen-bond donors (Lipinski definition) is 1. The minimum atomic E-state index is -1.30. The van der Waals surface area contributed by atoms with E-state index in [-0.39, 0.29) is 17.2 Å². The minimum Gasteiger partial charge on any atom is -0.478 e. The second-order valence-corrected chi connectivity index (χ2v) is 4.07. The van der Waals surface area contributed by atoms with Crippen LogP contribution in [0.5, 0.6) is 11.6 Å². The highest BCUT2D eigenvalue weighted by Crippen LogP contribution is 2.34. The van der Waals surface area contributed by atoms with Gasteiger partial charge in [0, 0.05) is 19.2 Å². The first kappa shape index (κ1) is 13.5. The Bertz CT molecular complexity index is 660. The molecular formula is C12H11N3O5. The van der Waals surface area contributed by atoms with E-state index >= 15 is 0 Å². The van der Waals surface area contributed by atoms with Crippen molar-refractivity contribution < 1.29 is 19.6 Å². The van der Waals surface area contributed by atoms with Gasteiger partial charge in [-0.2, -0.15) is 5.10 Å². The second kappa shape index (κ2) is 5.00. The van der Waals surface area contributed by atoms with Crippen molar-refractivity contribution in [1.82, 2.24) is 9.78 Å². The van der Waals surface area contributed by atoms with Crippen molar-refractivity contribution in [3.05, 3.63) is 45.6 Å². The van der Waals surface area contributed by atoms with E-state index in [1.165, 1.54) is 22.9 Å². The maximum atomic E-state index is 11.2. The highest BCUT2D eigenvalue weighted by atomic mass is 16.6. The zero-order chi connectivity index (χ0) is 14.9. The molecule has 0 saturated carbocycles. The van der Waals surface area contributed by atoms with Crippen molar-refractivity contribution in [3.63, 3.8) is 0 Å². The number of aryl methyl sites for hydroxylation is 2. The summed E-state index contributed by atoms with van der Waals surface area (Å²) >= 11 is 0. The summed E-state index contributed by atoms with van der Waals surface area (Å²) in [7, 11) is 1.59. The lowest BCUT2D eigenvalue weighted by Gasteiger charge is -2.08. The van der Waals surface area contributed by atoms with Crippen molar-refractivity contribution in [2.24, 2.45) is 7.05 Å². The third-order valence-corrected chi connectivity index (χ3v) is 2.59. The van der Waals surface area contributed by atoms with Gasteiger partial charge in [-0.3, -0.25) is 10.1 Å². The van der Waals surface area contributed by atoms with Crippen molar-refractivity contribution in [2.45, 2.75) is 6.92 Å². The lowest BCUT2D eigenvalue weighted by atomic mass is 10.2. The van der Waals surface area contributed by atoms with Gasteiger partial charge in [0.25, 0.3) is 0 Å². The van der Waals surface area contributed by atoms with E-state index in [0.29, 0.717) is 5.69 Å². The molecule has 0 amide bonds. The first-order chi connectivity index (χ1) is 9.40. The lowest BCUT2D eigenvalue weighted by Crippen LogP contribution is -2.04. The minimum absolute atomic E-state index is 0.222. The standard InChI is InChI=1S/C12H11N3O5/c1-7-6-10(14(2)13-7)20-11-8(12(16)17)4-3-5-9(11)15(18)19/h3-6H,1-2H3,(H,16,17). The summed E-state index contributed by atoms with van der Waals surface area (Å²) in [5.41, 5.74) is -0.0419. The van der Waals surface area contributed by atoms with Crippen LogP contribution in [-0.2, 0) is 7.05 Å². The van der Waals surface area contributed by atoms with Gasteiger partial charge in [-0.15, -0.1) is 0 Å². The van der Waals surface area contributed by atoms with Gasteiger partial charge in [0.15, 0.2) is 0 Å². The molecule has 20 heavy (non-hydrogen) atoms. The predicted octanol–water partition coefficient (Wildman–Crippen LogP) is 2.13. The van der Waals surface area contributed by atoms with Crippen molar-refractivity contribution >= 4 is 11.7 Å². The number of aromatic carboxylic acids is 1. The number of hydrogen-bond acceptors (Lipinski definition) is 5. The van der Waals surface area contributed by atoms with Crippen molar-refractivity contribution in [3.8, 4) is 11.6 Å². The van der Waals surface area contributed by atoms with Gasteiger partial charge >= 0.3 is 11.7 Å². The number of carboxylic acids is 1. The number of rotatable bonds is 4. The average molecular weight is 277 g/mol. The lowest BCUT2D eigenvalue weighted by molar-refractivity contribution is -0.385. The molecule has 0 unspecified atom stereocenters. The van der Waals surface area contributed by atoms with Gasteiger partial charge in [0.05, 0.1) is 10.6 Å². The number of ether oxygens (including phenoxy) is 1. The Morgan fingerprint density at radius 1 is 1.50 bits per heavy atom. The molecule has 8 heteroatoms. The molecule has 0 atom stereocenters. The molecule has 0 bridgehead atoms. The second-order valence-electron chi connectivity index (χ2n) is 4.07. The van der Waals surface area contributed by atoms with Crippen LogP contribution in [0.2, 0.25) is 0 Å². The van der Waals surface area contributed by atoms with Crippen molar-refractivity contribution in [2.75, 3.05) is 0 Å². The van der Waals surface area contributed by atoms with Crippen LogP contribution in [0.3, 0.4) is 0 Å². The highest BCUT2D eigenvalue weighted by molar-refractivity contribution is 5.92. The smallest absolute Gasteiger partial charge is 0.339 e. The van der Waals surface area contributed by atoms with Crippen LogP contribution >= 0.6 is 0 Å². The van der Waals surface area contributed by atoms with E-state index in [1.807, 2.05) is 0 Å². The van der Waals surface area contributed by atoms with Crippen LogP contribution in [0, 0.1) is 17.0 Å². The van der Waals surface area contributed by atoms with Crippen LogP contribution in [-0.4, -0.2) is 25.8 Å². The quantitative estimate of drug-likeness (QED) is 0.677. The molecule has 2 rings (SSSR count). The summed E-state index contributed by atoms with van der Waals surface area (Å²) < 4.78 is 6.77. The number of aromatic nitrogens is 2. The Kier molecular flexibility index (Phi) is 3.38. The topological polar surface area (TPSA) is 107 Å². The van der Waals surface area contributed by atoms with E-state index in [2.05, 4.69) is 5.10 Å². The molecule has 2 aromatic rings. The molecule has 104 valence electrons. The molecule has 1 aromatic heterocycles. The molecule has 0 aliphatic rings. The number of benzene rings is 1. The summed E-state index contributed by atoms with van der Waals surface area (Å²) in [5.74, 6) is -1.39. The first-order valence-electron chi connectivity index (χ1n) is 5.59. The predicted molar refractivity (Wildman–Crippen MR) is 68.1 cm³/mol. The third-order valence-electron chi connectivity index (χ3n) is 2.59. The zero-order valence-corrected chi connectivity index (χ0v) is 10.7. The van der Waals surface area contributed by atoms with Crippen LogP contribution in [0.1, 0.15) is 16.1 Å². The highest BCUT2D eigenvalue weighted by Gasteiger charge is 2.24. The summed E-state index contributed by atoms with van der Waals surface area (Å²) in [5, 5.41) is 24.1. The van der Waals surface area contributed by atoms with Gasteiger partial charge in [-0.05, 0) is 13.0 Å². The van der Waals surface area contributed by atoms with Gasteiger partial charge in [-0.1, -0.05) is 6.07 Å². The molecule has 0 aliphatic carbocycles. The third kappa shape index (κ3) is 2.44. The fourth-order valence-electron chi connectivity index (χ4n) is 1.73. The Morgan fingerprint density at radius 2 is 2.20 bits per heavy atom. The molecular weight excluding hydrogens is 266 g/mol. The summed E-state index contributed by atoms with van der Waals surface area (Å²) in [4.78, 5) is 21.4. The molecule has 8 nitrogen and oxygen atoms in total. The van der Waals surface area contributed by atoms with Crippen LogP contribution in [0.15, 0.2) is 24.3 Å². The van der Waals surface area contributed by atoms with Crippen LogP contribution in [0.25, 0.3) is 0 Å². The van der Waals surface area contributed by atoms with Gasteiger partial charge in [0.2, 0.25) is 11.6 Å². The fraction of sp³-hybridized carbons (Fsp3) is 0.167. The maximum absolute atomic E-state index is 11.2. The zero-order valence-electron chi connectivity index (χ0n) is 10.7. The molecule has 0 saturated heterocycles. The van der Waals surface area contributed by atoms with Crippen LogP contribution < -0.4 is 4.74 Å². The monoisotopic (exact) mass is 277 g/mol. The average Bonchev–Trinajstić information content (AvgIpc) is 2.67. The van der Waals surface area contributed by atoms with Crippen molar-refractivity contribution in [1.29, 1.82) is 0 Å². The largest absolute Gasteiger partial charge is 0.478 e. The number of carbonyl (C=O) groups is 1. The van der Waals surface area contributed by atoms with E-state index < -0.39 is 16.6 Å². The Balaban J connectivity index is 2.56. The molecule has 1 aromatic carbocycles. The SMILES string of the molecule is Cc1cc(Oc2c(C(=O)O)cccc2[N+](=O)[O-])n(C)n1. The first-order valence-corrected chi connectivity index (χ1v) is 5.59. The Hall–Kier alpha value is -2.90. The maximum Gasteiger partial charge on any atom is 0.339 e. The number of nitro groups is 1. The summed E-state index contributed by atoms with van der Waals surface area (Å²) in [6.45, 7) is 1.73. The van der Waals surface area contributed by atoms with E-state index in [4.69, 9.17) is 9.84 Å². The van der Waals surface area contributed by atoms with E-state index in [9.17, 15) is 14.9 Å². The number of carboxylic acid groups (broad SMARTS) is 1. The normalized spacial score (nSPS) is 10.3. The Labute approximate surface area is 113 Å². The van der Waals surface area contributed by atoms with E-state index in [0.717, 1.165) is 0 Å². The molecule has 1 N–H and O–H groups in total. The molecule has 0 aliphatic heterocycles.